The summed E-state index contributed by atoms with van der Waals surface area (Å²) in [5, 5.41) is 34.7. The highest BCUT2D eigenvalue weighted by atomic mass is 16.3. The molecule has 0 aromatic heterocycles. The molecule has 0 saturated heterocycles. The summed E-state index contributed by atoms with van der Waals surface area (Å²) in [6.45, 7) is 5.60. The van der Waals surface area contributed by atoms with E-state index < -0.39 is 0 Å². The molecule has 0 saturated carbocycles. The molecule has 3 aromatic carbocycles. The van der Waals surface area contributed by atoms with Crippen LogP contribution in [0.5, 0.6) is 11.5 Å². The zero-order valence-corrected chi connectivity index (χ0v) is 22.7. The minimum absolute atomic E-state index is 0.0196. The van der Waals surface area contributed by atoms with Gasteiger partial charge < -0.3 is 41.3 Å². The van der Waals surface area contributed by atoms with Crippen LogP contribution < -0.4 is 21.3 Å². The predicted molar refractivity (Wildman–Crippen MR) is 157 cm³/mol. The van der Waals surface area contributed by atoms with Crippen LogP contribution in [0.15, 0.2) is 54.6 Å². The van der Waals surface area contributed by atoms with Crippen LogP contribution in [0.3, 0.4) is 0 Å². The molecule has 6 N–H and O–H groups in total. The third-order valence-electron chi connectivity index (χ3n) is 6.06. The quantitative estimate of drug-likeness (QED) is 0.0953. The molecule has 0 aliphatic heterocycles. The van der Waals surface area contributed by atoms with Crippen LogP contribution >= 0.6 is 0 Å². The number of rotatable bonds is 14. The molecule has 37 heavy (non-hydrogen) atoms. The summed E-state index contributed by atoms with van der Waals surface area (Å²) in [5.74, 6) is 0.0393. The van der Waals surface area contributed by atoms with Crippen molar-refractivity contribution in [2.45, 2.75) is 19.8 Å². The van der Waals surface area contributed by atoms with E-state index in [2.05, 4.69) is 59.3 Å². The molecule has 8 nitrogen and oxygen atoms in total. The Labute approximate surface area is 221 Å². The van der Waals surface area contributed by atoms with Gasteiger partial charge in [0.2, 0.25) is 0 Å². The van der Waals surface area contributed by atoms with Gasteiger partial charge >= 0.3 is 0 Å². The Kier molecular flexibility index (Phi) is 10.3. The fourth-order valence-electron chi connectivity index (χ4n) is 3.90. The van der Waals surface area contributed by atoms with E-state index in [1.807, 2.05) is 48.5 Å². The molecule has 3 rings (SSSR count). The second-order valence-electron chi connectivity index (χ2n) is 9.87. The van der Waals surface area contributed by atoms with Gasteiger partial charge in [-0.1, -0.05) is 0 Å². The van der Waals surface area contributed by atoms with E-state index in [1.165, 1.54) is 0 Å². The van der Waals surface area contributed by atoms with Crippen molar-refractivity contribution in [2.75, 3.05) is 75.6 Å². The summed E-state index contributed by atoms with van der Waals surface area (Å²) in [5.41, 5.74) is 5.23. The van der Waals surface area contributed by atoms with Crippen LogP contribution in [-0.4, -0.2) is 74.4 Å². The average Bonchev–Trinajstić information content (AvgIpc) is 2.87. The minimum atomic E-state index is 0.0196. The first-order valence-corrected chi connectivity index (χ1v) is 12.8. The Bertz CT molecular complexity index is 1030. The molecule has 8 heteroatoms. The smallest absolute Gasteiger partial charge is 0.145 e. The molecule has 3 aromatic rings. The van der Waals surface area contributed by atoms with E-state index in [-0.39, 0.29) is 11.5 Å². The molecule has 200 valence electrons. The largest absolute Gasteiger partial charge is 0.505 e. The Morgan fingerprint density at radius 3 is 1.30 bits per heavy atom. The van der Waals surface area contributed by atoms with Crippen LogP contribution in [0.25, 0.3) is 0 Å². The molecule has 0 bridgehead atoms. The minimum Gasteiger partial charge on any atom is -0.505 e. The number of nitrogens with zero attached hydrogens (tertiary/aromatic N) is 2. The van der Waals surface area contributed by atoms with Crippen molar-refractivity contribution < 1.29 is 10.2 Å². The molecular formula is C29H42N6O2. The molecule has 0 amide bonds. The van der Waals surface area contributed by atoms with Gasteiger partial charge in [0.05, 0.1) is 11.4 Å². The van der Waals surface area contributed by atoms with Crippen molar-refractivity contribution in [1.82, 2.24) is 9.80 Å². The zero-order chi connectivity index (χ0) is 26.8. The van der Waals surface area contributed by atoms with E-state index in [9.17, 15) is 10.2 Å². The van der Waals surface area contributed by atoms with E-state index in [4.69, 9.17) is 0 Å². The van der Waals surface area contributed by atoms with Gasteiger partial charge in [-0.2, -0.15) is 0 Å². The van der Waals surface area contributed by atoms with Crippen LogP contribution in [0.2, 0.25) is 0 Å². The first-order valence-electron chi connectivity index (χ1n) is 12.8. The van der Waals surface area contributed by atoms with Gasteiger partial charge in [0, 0.05) is 41.4 Å². The van der Waals surface area contributed by atoms with Crippen molar-refractivity contribution in [3.05, 3.63) is 60.2 Å². The summed E-state index contributed by atoms with van der Waals surface area (Å²) in [6, 6.07) is 17.6. The first-order chi connectivity index (χ1) is 17.7. The van der Waals surface area contributed by atoms with Gasteiger partial charge in [-0.15, -0.1) is 0 Å². The maximum atomic E-state index is 10.7. The molecule has 0 aliphatic rings. The number of benzene rings is 3. The Morgan fingerprint density at radius 2 is 0.946 bits per heavy atom. The Balaban J connectivity index is 1.63. The van der Waals surface area contributed by atoms with E-state index >= 15 is 0 Å². The molecule has 0 spiro atoms. The van der Waals surface area contributed by atoms with Crippen molar-refractivity contribution in [1.29, 1.82) is 0 Å². The maximum Gasteiger partial charge on any atom is 0.145 e. The predicted octanol–water partition coefficient (Wildman–Crippen LogP) is 5.62. The molecule has 0 aliphatic carbocycles. The van der Waals surface area contributed by atoms with Crippen LogP contribution in [-0.2, 0) is 0 Å². The third-order valence-corrected chi connectivity index (χ3v) is 6.06. The number of aromatic hydroxyl groups is 2. The van der Waals surface area contributed by atoms with E-state index in [1.54, 1.807) is 13.0 Å². The number of anilines is 6. The standard InChI is InChI=1S/C29H42N6O2/c1-21-28(36)26(32-24-12-8-22(9-13-24)30-16-6-18-34(2)3)20-27(29(21)37)33-25-14-10-23(11-15-25)31-17-7-19-35(4)5/h8-15,20,30-33,36-37H,6-7,16-19H2,1-5H3. The molecule has 0 fully saturated rings. The van der Waals surface area contributed by atoms with Gasteiger partial charge in [-0.05, 0) is 116 Å². The number of phenols is 2. The van der Waals surface area contributed by atoms with Gasteiger partial charge in [0.15, 0.2) is 0 Å². The SMILES string of the molecule is Cc1c(O)c(Nc2ccc(NCCCN(C)C)cc2)cc(Nc2ccc(NCCCN(C)C)cc2)c1O. The van der Waals surface area contributed by atoms with Crippen molar-refractivity contribution in [3.63, 3.8) is 0 Å². The lowest BCUT2D eigenvalue weighted by molar-refractivity contribution is 0.405. The number of hydrogen-bond acceptors (Lipinski definition) is 8. The van der Waals surface area contributed by atoms with Crippen LogP contribution in [0.1, 0.15) is 18.4 Å². The number of nitrogens with one attached hydrogen (secondary N) is 4. The fraction of sp³-hybridized carbons (Fsp3) is 0.379. The van der Waals surface area contributed by atoms with Gasteiger partial charge in [0.25, 0.3) is 0 Å². The fourth-order valence-corrected chi connectivity index (χ4v) is 3.90. The number of hydrogen-bond donors (Lipinski definition) is 6. The van der Waals surface area contributed by atoms with Crippen LogP contribution in [0, 0.1) is 6.92 Å². The highest BCUT2D eigenvalue weighted by molar-refractivity contribution is 5.80. The second-order valence-corrected chi connectivity index (χ2v) is 9.87. The average molecular weight is 507 g/mol. The molecule has 0 atom stereocenters. The third kappa shape index (κ3) is 8.77. The lowest BCUT2D eigenvalue weighted by atomic mass is 10.1. The second kappa shape index (κ2) is 13.6. The normalized spacial score (nSPS) is 11.1. The van der Waals surface area contributed by atoms with Crippen molar-refractivity contribution in [3.8, 4) is 11.5 Å². The molecular weight excluding hydrogens is 464 g/mol. The van der Waals surface area contributed by atoms with E-state index in [0.29, 0.717) is 16.9 Å². The first kappa shape index (κ1) is 28.0. The maximum absolute atomic E-state index is 10.7. The van der Waals surface area contributed by atoms with E-state index in [0.717, 1.165) is 61.8 Å². The van der Waals surface area contributed by atoms with Gasteiger partial charge in [-0.25, -0.2) is 0 Å². The zero-order valence-electron chi connectivity index (χ0n) is 22.7. The summed E-state index contributed by atoms with van der Waals surface area (Å²) in [4.78, 5) is 4.34. The highest BCUT2D eigenvalue weighted by Crippen LogP contribution is 2.42. The monoisotopic (exact) mass is 506 g/mol. The topological polar surface area (TPSA) is 95.1 Å². The lowest BCUT2D eigenvalue weighted by Gasteiger charge is -2.17. The molecule has 0 unspecified atom stereocenters. The van der Waals surface area contributed by atoms with Crippen molar-refractivity contribution in [2.24, 2.45) is 0 Å². The molecule has 0 heterocycles. The summed E-state index contributed by atoms with van der Waals surface area (Å²) in [7, 11) is 8.30. The lowest BCUT2D eigenvalue weighted by Crippen LogP contribution is -2.16. The Morgan fingerprint density at radius 1 is 0.595 bits per heavy atom. The number of phenolic OH excluding ortho intramolecular Hbond substituents is 2. The summed E-state index contributed by atoms with van der Waals surface area (Å²) >= 11 is 0. The summed E-state index contributed by atoms with van der Waals surface area (Å²) in [6.07, 6.45) is 2.14. The summed E-state index contributed by atoms with van der Waals surface area (Å²) < 4.78 is 0. The van der Waals surface area contributed by atoms with Crippen LogP contribution in [0.4, 0.5) is 34.1 Å². The Hall–Kier alpha value is -3.62. The van der Waals surface area contributed by atoms with Gasteiger partial charge in [-0.3, -0.25) is 0 Å². The van der Waals surface area contributed by atoms with Gasteiger partial charge in [0.1, 0.15) is 11.5 Å². The van der Waals surface area contributed by atoms with Crippen molar-refractivity contribution >= 4 is 34.1 Å². The highest BCUT2D eigenvalue weighted by Gasteiger charge is 2.15. The molecule has 0 radical (unpaired) electrons.